The zero-order valence-electron chi connectivity index (χ0n) is 20.5. The minimum absolute atomic E-state index is 0.0270. The number of aliphatic hydroxyl groups excluding tert-OH is 1. The fourth-order valence-electron chi connectivity index (χ4n) is 6.48. The van der Waals surface area contributed by atoms with Crippen LogP contribution in [-0.2, 0) is 22.6 Å². The molecule has 184 valence electrons. The molecule has 3 N–H and O–H groups in total. The minimum atomic E-state index is -0.577. The van der Waals surface area contributed by atoms with Crippen LogP contribution in [0.1, 0.15) is 57.8 Å². The molecule has 2 aliphatic rings. The SMILES string of the molecule is C[C@H]1[C@@H]2[C@@H](O)[C@@H]([C@H](C)C(=O)NCc3ccco3)CC[C@@]2(C)CC[C@@H]1NC(=O)Cc1ccccc1. The van der Waals surface area contributed by atoms with Crippen molar-refractivity contribution in [3.05, 3.63) is 60.1 Å². The van der Waals surface area contributed by atoms with Crippen molar-refractivity contribution in [1.29, 1.82) is 0 Å². The number of hydrogen-bond acceptors (Lipinski definition) is 4. The number of carbonyl (C=O) groups excluding carboxylic acids is 2. The number of hydrogen-bond donors (Lipinski definition) is 3. The molecule has 0 bridgehead atoms. The molecule has 6 heteroatoms. The normalized spacial score (nSPS) is 31.8. The second-order valence-corrected chi connectivity index (χ2v) is 10.7. The first-order valence-corrected chi connectivity index (χ1v) is 12.6. The highest BCUT2D eigenvalue weighted by Gasteiger charge is 2.53. The van der Waals surface area contributed by atoms with E-state index in [9.17, 15) is 14.7 Å². The third kappa shape index (κ3) is 5.22. The van der Waals surface area contributed by atoms with Gasteiger partial charge in [0.05, 0.1) is 25.3 Å². The van der Waals surface area contributed by atoms with Crippen LogP contribution in [-0.4, -0.2) is 29.1 Å². The molecule has 0 radical (unpaired) electrons. The lowest BCUT2D eigenvalue weighted by atomic mass is 9.51. The molecule has 2 fully saturated rings. The van der Waals surface area contributed by atoms with Crippen molar-refractivity contribution in [2.45, 2.75) is 71.6 Å². The van der Waals surface area contributed by atoms with Gasteiger partial charge in [-0.25, -0.2) is 0 Å². The minimum Gasteiger partial charge on any atom is -0.467 e. The predicted octanol–water partition coefficient (Wildman–Crippen LogP) is 4.08. The maximum absolute atomic E-state index is 12.9. The second kappa shape index (κ2) is 10.3. The monoisotopic (exact) mass is 466 g/mol. The summed E-state index contributed by atoms with van der Waals surface area (Å²) in [6, 6.07) is 13.4. The van der Waals surface area contributed by atoms with E-state index < -0.39 is 6.10 Å². The Morgan fingerprint density at radius 1 is 1.15 bits per heavy atom. The molecule has 34 heavy (non-hydrogen) atoms. The molecule has 2 aromatic rings. The standard InChI is InChI=1S/C28H38N2O4/c1-18(27(33)29-17-21-10-7-15-34-21)22-11-13-28(3)14-12-23(19(2)25(28)26(22)32)30-24(31)16-20-8-5-4-6-9-20/h4-10,15,18-19,22-23,25-26,32H,11-14,16-17H2,1-3H3,(H,29,33)(H,30,31)/t18-,19+,22+,23-,25+,26-,28-/m0/s1. The van der Waals surface area contributed by atoms with Crippen LogP contribution >= 0.6 is 0 Å². The number of carbonyl (C=O) groups is 2. The van der Waals surface area contributed by atoms with Gasteiger partial charge >= 0.3 is 0 Å². The Hall–Kier alpha value is -2.60. The third-order valence-electron chi connectivity index (χ3n) is 8.51. The van der Waals surface area contributed by atoms with Crippen molar-refractivity contribution in [1.82, 2.24) is 10.6 Å². The molecule has 2 amide bonds. The molecule has 0 unspecified atom stereocenters. The van der Waals surface area contributed by atoms with Crippen molar-refractivity contribution >= 4 is 11.8 Å². The summed E-state index contributed by atoms with van der Waals surface area (Å²) in [6.45, 7) is 6.70. The number of nitrogens with one attached hydrogen (secondary N) is 2. The lowest BCUT2D eigenvalue weighted by molar-refractivity contribution is -0.143. The van der Waals surface area contributed by atoms with Crippen molar-refractivity contribution in [2.24, 2.45) is 29.1 Å². The van der Waals surface area contributed by atoms with E-state index in [1.807, 2.05) is 43.3 Å². The average molecular weight is 467 g/mol. The van der Waals surface area contributed by atoms with Gasteiger partial charge in [-0.15, -0.1) is 0 Å². The van der Waals surface area contributed by atoms with Crippen LogP contribution in [0.5, 0.6) is 0 Å². The molecule has 2 saturated carbocycles. The smallest absolute Gasteiger partial charge is 0.224 e. The van der Waals surface area contributed by atoms with Gasteiger partial charge < -0.3 is 20.2 Å². The average Bonchev–Trinajstić information content (AvgIpc) is 3.33. The summed E-state index contributed by atoms with van der Waals surface area (Å²) in [4.78, 5) is 25.6. The van der Waals surface area contributed by atoms with E-state index >= 15 is 0 Å². The largest absolute Gasteiger partial charge is 0.467 e. The third-order valence-corrected chi connectivity index (χ3v) is 8.51. The number of rotatable bonds is 7. The maximum atomic E-state index is 12.9. The summed E-state index contributed by atoms with van der Waals surface area (Å²) in [5, 5.41) is 17.8. The molecule has 1 heterocycles. The van der Waals surface area contributed by atoms with Gasteiger partial charge in [-0.1, -0.05) is 51.1 Å². The highest BCUT2D eigenvalue weighted by atomic mass is 16.3. The lowest BCUT2D eigenvalue weighted by Crippen LogP contribution is -2.58. The quantitative estimate of drug-likeness (QED) is 0.573. The molecule has 7 atom stereocenters. The summed E-state index contributed by atoms with van der Waals surface area (Å²) >= 11 is 0. The summed E-state index contributed by atoms with van der Waals surface area (Å²) < 4.78 is 5.31. The molecule has 0 saturated heterocycles. The summed E-state index contributed by atoms with van der Waals surface area (Å²) in [6.07, 6.45) is 5.10. The Balaban J connectivity index is 1.39. The molecule has 2 aliphatic carbocycles. The zero-order chi connectivity index (χ0) is 24.3. The van der Waals surface area contributed by atoms with E-state index in [4.69, 9.17) is 4.42 Å². The number of fused-ring (bicyclic) bond motifs is 1. The Kier molecular flexibility index (Phi) is 7.46. The fraction of sp³-hybridized carbons (Fsp3) is 0.571. The van der Waals surface area contributed by atoms with Gasteiger partial charge in [-0.2, -0.15) is 0 Å². The molecule has 6 nitrogen and oxygen atoms in total. The van der Waals surface area contributed by atoms with Gasteiger partial charge in [-0.3, -0.25) is 9.59 Å². The van der Waals surface area contributed by atoms with Gasteiger partial charge in [0.2, 0.25) is 11.8 Å². The van der Waals surface area contributed by atoms with E-state index in [0.29, 0.717) is 18.7 Å². The number of furan rings is 1. The van der Waals surface area contributed by atoms with Crippen molar-refractivity contribution < 1.29 is 19.1 Å². The Morgan fingerprint density at radius 3 is 2.59 bits per heavy atom. The van der Waals surface area contributed by atoms with Crippen LogP contribution in [0.4, 0.5) is 0 Å². The highest BCUT2D eigenvalue weighted by molar-refractivity contribution is 5.79. The highest BCUT2D eigenvalue weighted by Crippen LogP contribution is 2.55. The summed E-state index contributed by atoms with van der Waals surface area (Å²) in [5.74, 6) is 0.467. The molecule has 1 aromatic carbocycles. The molecule has 0 aliphatic heterocycles. The molecule has 1 aromatic heterocycles. The zero-order valence-corrected chi connectivity index (χ0v) is 20.5. The number of amides is 2. The molecule has 0 spiro atoms. The van der Waals surface area contributed by atoms with Crippen LogP contribution in [0.3, 0.4) is 0 Å². The first-order valence-electron chi connectivity index (χ1n) is 12.6. The molecular weight excluding hydrogens is 428 g/mol. The van der Waals surface area contributed by atoms with Crippen LogP contribution in [0.25, 0.3) is 0 Å². The summed E-state index contributed by atoms with van der Waals surface area (Å²) in [5.41, 5.74) is 1.03. The Bertz CT molecular complexity index is 960. The number of aliphatic hydroxyl groups is 1. The molecule has 4 rings (SSSR count). The first kappa shape index (κ1) is 24.5. The summed E-state index contributed by atoms with van der Waals surface area (Å²) in [7, 11) is 0. The maximum Gasteiger partial charge on any atom is 0.224 e. The van der Waals surface area contributed by atoms with Gasteiger partial charge in [-0.05, 0) is 66.5 Å². The van der Waals surface area contributed by atoms with Crippen molar-refractivity contribution in [3.8, 4) is 0 Å². The van der Waals surface area contributed by atoms with Gasteiger partial charge in [0.15, 0.2) is 0 Å². The Labute approximate surface area is 202 Å². The molecular formula is C28H38N2O4. The van der Waals surface area contributed by atoms with Gasteiger partial charge in [0, 0.05) is 12.0 Å². The van der Waals surface area contributed by atoms with Gasteiger partial charge in [0.1, 0.15) is 5.76 Å². The van der Waals surface area contributed by atoms with Crippen LogP contribution in [0.2, 0.25) is 0 Å². The number of benzene rings is 1. The van der Waals surface area contributed by atoms with Crippen molar-refractivity contribution in [2.75, 3.05) is 0 Å². The van der Waals surface area contributed by atoms with Crippen LogP contribution in [0, 0.1) is 29.1 Å². The first-order chi connectivity index (χ1) is 16.3. The fourth-order valence-corrected chi connectivity index (χ4v) is 6.48. The van der Waals surface area contributed by atoms with E-state index in [1.165, 1.54) is 0 Å². The van der Waals surface area contributed by atoms with Crippen LogP contribution < -0.4 is 10.6 Å². The van der Waals surface area contributed by atoms with E-state index in [0.717, 1.165) is 31.2 Å². The van der Waals surface area contributed by atoms with Crippen LogP contribution in [0.15, 0.2) is 53.1 Å². The predicted molar refractivity (Wildman–Crippen MR) is 131 cm³/mol. The topological polar surface area (TPSA) is 91.6 Å². The van der Waals surface area contributed by atoms with Gasteiger partial charge in [0.25, 0.3) is 0 Å². The van der Waals surface area contributed by atoms with Crippen molar-refractivity contribution in [3.63, 3.8) is 0 Å². The van der Waals surface area contributed by atoms with E-state index in [-0.39, 0.29) is 46.9 Å². The van der Waals surface area contributed by atoms with E-state index in [2.05, 4.69) is 24.5 Å². The second-order valence-electron chi connectivity index (χ2n) is 10.7. The van der Waals surface area contributed by atoms with E-state index in [1.54, 1.807) is 12.3 Å². The lowest BCUT2D eigenvalue weighted by Gasteiger charge is -2.56. The Morgan fingerprint density at radius 2 is 1.88 bits per heavy atom.